The van der Waals surface area contributed by atoms with Gasteiger partial charge in [0.05, 0.1) is 11.3 Å². The molecule has 0 fully saturated rings. The van der Waals surface area contributed by atoms with Crippen LogP contribution >= 0.6 is 6.04 Å². The first-order chi connectivity index (χ1) is 23.6. The van der Waals surface area contributed by atoms with Crippen molar-refractivity contribution in [2.75, 3.05) is 0 Å². The number of hydrogen-bond acceptors (Lipinski definition) is 3. The summed E-state index contributed by atoms with van der Waals surface area (Å²) >= 11 is 7.09. The zero-order chi connectivity index (χ0) is 31.8. The summed E-state index contributed by atoms with van der Waals surface area (Å²) < 4.78 is 13.8. The lowest BCUT2D eigenvalue weighted by Crippen LogP contribution is -2.35. The monoisotopic (exact) mass is 650 g/mol. The molecular weight excluding hydrogens is 624 g/mol. The van der Waals surface area contributed by atoms with E-state index in [2.05, 4.69) is 164 Å². The van der Waals surface area contributed by atoms with E-state index in [0.29, 0.717) is 0 Å². The second-order valence-electron chi connectivity index (χ2n) is 12.4. The summed E-state index contributed by atoms with van der Waals surface area (Å²) in [6.45, 7) is 0. The molecule has 0 aromatic heterocycles. The minimum absolute atomic E-state index is 0.776. The summed E-state index contributed by atoms with van der Waals surface area (Å²) in [5, 5.41) is 7.81. The maximum absolute atomic E-state index is 7.09. The molecule has 8 aromatic carbocycles. The summed E-state index contributed by atoms with van der Waals surface area (Å²) in [7, 11) is 0. The Morgan fingerprint density at radius 2 is 0.729 bits per heavy atom. The molecule has 2 aliphatic rings. The Morgan fingerprint density at radius 1 is 0.333 bits per heavy atom. The molecule has 10 rings (SSSR count). The average molecular weight is 651 g/mol. The molecule has 8 aromatic rings. The summed E-state index contributed by atoms with van der Waals surface area (Å²) in [6, 6.07) is 55.1. The van der Waals surface area contributed by atoms with Gasteiger partial charge >= 0.3 is 0 Å². The van der Waals surface area contributed by atoms with Crippen molar-refractivity contribution < 1.29 is 9.47 Å². The van der Waals surface area contributed by atoms with Crippen LogP contribution in [0.4, 0.5) is 0 Å². The van der Waals surface area contributed by atoms with Gasteiger partial charge in [-0.25, -0.2) is 0 Å². The SMILES string of the molecule is S=P12c3c(cc(-c4cc(-c5ccccc5)cc(-c5ccccc5)c4)cc3Oc3ccc4ccccc4c31)Oc1ccc3ccccc3c12. The van der Waals surface area contributed by atoms with E-state index in [-0.39, 0.29) is 0 Å². The van der Waals surface area contributed by atoms with E-state index < -0.39 is 6.04 Å². The van der Waals surface area contributed by atoms with Crippen LogP contribution in [0.25, 0.3) is 54.9 Å². The molecular formula is C44H27O2PS. The summed E-state index contributed by atoms with van der Waals surface area (Å²) in [6.07, 6.45) is 0. The fourth-order valence-electron chi connectivity index (χ4n) is 7.46. The first-order valence-corrected chi connectivity index (χ1v) is 18.9. The van der Waals surface area contributed by atoms with Gasteiger partial charge in [-0.15, -0.1) is 0 Å². The van der Waals surface area contributed by atoms with Crippen molar-refractivity contribution in [3.8, 4) is 56.4 Å². The number of rotatable bonds is 3. The van der Waals surface area contributed by atoms with Crippen molar-refractivity contribution in [2.24, 2.45) is 0 Å². The Balaban J connectivity index is 1.26. The van der Waals surface area contributed by atoms with Crippen molar-refractivity contribution >= 4 is 55.3 Å². The van der Waals surface area contributed by atoms with Crippen LogP contribution in [-0.4, -0.2) is 0 Å². The highest BCUT2D eigenvalue weighted by Gasteiger charge is 2.44. The third-order valence-corrected chi connectivity index (χ3v) is 14.5. The van der Waals surface area contributed by atoms with E-state index in [4.69, 9.17) is 21.3 Å². The van der Waals surface area contributed by atoms with Crippen molar-refractivity contribution in [3.63, 3.8) is 0 Å². The molecule has 0 bridgehead atoms. The highest BCUT2D eigenvalue weighted by Crippen LogP contribution is 2.61. The van der Waals surface area contributed by atoms with Crippen LogP contribution in [0, 0.1) is 0 Å². The van der Waals surface area contributed by atoms with Gasteiger partial charge in [0.2, 0.25) is 0 Å². The molecule has 0 saturated heterocycles. The molecule has 0 atom stereocenters. The number of benzene rings is 8. The third kappa shape index (κ3) is 4.08. The molecule has 0 unspecified atom stereocenters. The topological polar surface area (TPSA) is 18.5 Å². The van der Waals surface area contributed by atoms with Gasteiger partial charge < -0.3 is 9.47 Å². The highest BCUT2D eigenvalue weighted by atomic mass is 32.4. The fraction of sp³-hybridized carbons (Fsp3) is 0. The number of fused-ring (bicyclic) bond motifs is 8. The van der Waals surface area contributed by atoms with Crippen LogP contribution in [0.1, 0.15) is 0 Å². The van der Waals surface area contributed by atoms with Gasteiger partial charge in [-0.05, 0) is 97.4 Å². The first kappa shape index (κ1) is 27.6. The summed E-state index contributed by atoms with van der Waals surface area (Å²) in [5.41, 5.74) is 6.75. The Kier molecular flexibility index (Phi) is 6.05. The van der Waals surface area contributed by atoms with Crippen molar-refractivity contribution in [3.05, 3.63) is 164 Å². The highest BCUT2D eigenvalue weighted by molar-refractivity contribution is 8.26. The fourth-order valence-corrected chi connectivity index (χ4v) is 12.6. The predicted octanol–water partition coefficient (Wildman–Crippen LogP) is 11.0. The molecule has 2 nitrogen and oxygen atoms in total. The lowest BCUT2D eigenvalue weighted by atomic mass is 9.93. The van der Waals surface area contributed by atoms with E-state index in [1.807, 2.05) is 0 Å². The summed E-state index contributed by atoms with van der Waals surface area (Å²) in [4.78, 5) is 0. The predicted molar refractivity (Wildman–Crippen MR) is 204 cm³/mol. The molecule has 48 heavy (non-hydrogen) atoms. The zero-order valence-corrected chi connectivity index (χ0v) is 27.5. The molecule has 0 spiro atoms. The molecule has 2 aliphatic heterocycles. The van der Waals surface area contributed by atoms with E-state index in [1.54, 1.807) is 0 Å². The van der Waals surface area contributed by atoms with E-state index in [1.165, 1.54) is 11.1 Å². The molecule has 0 radical (unpaired) electrons. The van der Waals surface area contributed by atoms with Crippen LogP contribution in [0.15, 0.2) is 164 Å². The van der Waals surface area contributed by atoms with Crippen LogP contribution < -0.4 is 25.4 Å². The number of hydrogen-bond donors (Lipinski definition) is 0. The Morgan fingerprint density at radius 3 is 1.21 bits per heavy atom. The smallest absolute Gasteiger partial charge is 0.140 e. The zero-order valence-electron chi connectivity index (χ0n) is 25.8. The van der Waals surface area contributed by atoms with E-state index in [9.17, 15) is 0 Å². The lowest BCUT2D eigenvalue weighted by Gasteiger charge is -2.39. The van der Waals surface area contributed by atoms with Crippen LogP contribution in [0.5, 0.6) is 23.0 Å². The number of ether oxygens (including phenoxy) is 2. The Labute approximate surface area is 283 Å². The Bertz CT molecular complexity index is 2470. The maximum Gasteiger partial charge on any atom is 0.140 e. The van der Waals surface area contributed by atoms with Gasteiger partial charge in [0.15, 0.2) is 0 Å². The van der Waals surface area contributed by atoms with Crippen molar-refractivity contribution in [1.82, 2.24) is 0 Å². The average Bonchev–Trinajstić information content (AvgIpc) is 3.14. The molecule has 0 amide bonds. The second-order valence-corrected chi connectivity index (χ2v) is 16.6. The molecule has 4 heteroatoms. The van der Waals surface area contributed by atoms with Gasteiger partial charge in [-0.3, -0.25) is 0 Å². The lowest BCUT2D eigenvalue weighted by molar-refractivity contribution is 0.467. The molecule has 226 valence electrons. The summed E-state index contributed by atoms with van der Waals surface area (Å²) in [5.74, 6) is 3.21. The largest absolute Gasteiger partial charge is 0.456 e. The standard InChI is InChI=1S/C44H27O2PS/c48-47-42-36-17-9-7-15-30(36)19-21-38(42)45-40-26-35(27-41(44(40)47)46-39-22-20-31-16-8-10-18-37(31)43(39)47)34-24-32(28-11-3-1-4-12-28)23-33(25-34)29-13-5-2-6-14-29/h1-27H. The Hall–Kier alpha value is -5.47. The van der Waals surface area contributed by atoms with Gasteiger partial charge in [-0.1, -0.05) is 133 Å². The normalized spacial score (nSPS) is 13.6. The minimum Gasteiger partial charge on any atom is -0.456 e. The van der Waals surface area contributed by atoms with Crippen LogP contribution in [0.3, 0.4) is 0 Å². The first-order valence-electron chi connectivity index (χ1n) is 16.1. The van der Waals surface area contributed by atoms with Gasteiger partial charge in [0.1, 0.15) is 23.0 Å². The quantitative estimate of drug-likeness (QED) is 0.177. The van der Waals surface area contributed by atoms with E-state index >= 15 is 0 Å². The molecule has 0 saturated carbocycles. The van der Waals surface area contributed by atoms with Crippen LogP contribution in [0.2, 0.25) is 0 Å². The van der Waals surface area contributed by atoms with Gasteiger partial charge in [0.25, 0.3) is 0 Å². The van der Waals surface area contributed by atoms with E-state index in [0.717, 1.165) is 82.7 Å². The molecule has 0 aliphatic carbocycles. The minimum atomic E-state index is -2.65. The third-order valence-electron chi connectivity index (χ3n) is 9.63. The van der Waals surface area contributed by atoms with Gasteiger partial charge in [-0.2, -0.15) is 0 Å². The molecule has 2 heterocycles. The molecule has 0 N–H and O–H groups in total. The van der Waals surface area contributed by atoms with Gasteiger partial charge in [0, 0.05) is 10.6 Å². The van der Waals surface area contributed by atoms with Crippen molar-refractivity contribution in [2.45, 2.75) is 0 Å². The second kappa shape index (κ2) is 10.5. The maximum atomic E-state index is 7.09. The van der Waals surface area contributed by atoms with Crippen LogP contribution in [-0.2, 0) is 11.8 Å². The van der Waals surface area contributed by atoms with Crippen molar-refractivity contribution in [1.29, 1.82) is 0 Å².